The average molecular weight is 765 g/mol. The number of nitrogens with zero attached hydrogens (tertiary/aromatic N) is 6. The van der Waals surface area contributed by atoms with Gasteiger partial charge in [-0.25, -0.2) is 0 Å². The van der Waals surface area contributed by atoms with Crippen molar-refractivity contribution in [2.24, 2.45) is 0 Å². The number of anilines is 8. The number of aromatic nitrogens is 6. The molecule has 0 bridgehead atoms. The van der Waals surface area contributed by atoms with Gasteiger partial charge >= 0.3 is 29.6 Å². The Hall–Kier alpha value is -3.17. The fraction of sp³-hybridized carbons (Fsp3) is 0.571. The number of hydrogen-bond acceptors (Lipinski definition) is 22. The Kier molecular flexibility index (Phi) is 23.7. The number of rotatable bonds is 29. The molecule has 22 nitrogen and oxygen atoms in total. The summed E-state index contributed by atoms with van der Waals surface area (Å²) in [6, 6.07) is 4.37. The van der Waals surface area contributed by atoms with Crippen LogP contribution in [-0.2, 0) is 30.0 Å². The van der Waals surface area contributed by atoms with Crippen LogP contribution in [0, 0.1) is 0 Å². The number of hydrogen-bond donors (Lipinski definition) is 10. The molecular weight excluding hydrogens is 719 g/mol. The molecule has 1 aromatic carbocycles. The Morgan fingerprint density at radius 1 is 0.500 bits per heavy atom. The van der Waals surface area contributed by atoms with Gasteiger partial charge in [-0.05, 0) is 29.3 Å². The molecule has 24 heteroatoms. The third-order valence-corrected chi connectivity index (χ3v) is 6.56. The van der Waals surface area contributed by atoms with Crippen LogP contribution >= 0.6 is 0 Å². The van der Waals surface area contributed by atoms with Gasteiger partial charge in [0.2, 0.25) is 35.7 Å². The topological polar surface area (TPSA) is 307 Å². The monoisotopic (exact) mass is 764 g/mol. The van der Waals surface area contributed by atoms with E-state index in [-0.39, 0.29) is 149 Å². The molecule has 2 aromatic heterocycles. The standard InChI is InChI=1S/C28H46N12O10S.Na/c41-5-13-47-9-1-29-23-35-24(30-2-10-48-14-6-42)38-27(37-23)33-20-17-21(19-22(18-20)51(45)46)34-28-39-25(31-3-11-49-15-7-43)36-26(40-28)32-4-12-50-16-8-44;/h17-19,41-44H,1-16H2,(H,45,46)(H3,29,30,33,35,37,38)(H3,31,32,34,36,39,40);/q;+1/p-1. The quantitative estimate of drug-likeness (QED) is 0.0181. The van der Waals surface area contributed by atoms with Gasteiger partial charge in [-0.1, -0.05) is 0 Å². The van der Waals surface area contributed by atoms with Crippen molar-refractivity contribution in [1.29, 1.82) is 0 Å². The fourth-order valence-corrected chi connectivity index (χ4v) is 4.33. The van der Waals surface area contributed by atoms with E-state index >= 15 is 0 Å². The van der Waals surface area contributed by atoms with Crippen LogP contribution in [0.15, 0.2) is 23.1 Å². The van der Waals surface area contributed by atoms with Crippen LogP contribution in [0.2, 0.25) is 0 Å². The van der Waals surface area contributed by atoms with Gasteiger partial charge in [0.05, 0.1) is 79.3 Å². The van der Waals surface area contributed by atoms with Crippen LogP contribution in [0.5, 0.6) is 0 Å². The van der Waals surface area contributed by atoms with Gasteiger partial charge < -0.3 is 75.8 Å². The molecule has 0 saturated heterocycles. The molecule has 0 aliphatic heterocycles. The molecule has 0 radical (unpaired) electrons. The van der Waals surface area contributed by atoms with Crippen LogP contribution in [0.4, 0.5) is 47.1 Å². The van der Waals surface area contributed by atoms with E-state index in [1.54, 1.807) is 6.07 Å². The smallest absolute Gasteiger partial charge is 0.768 e. The molecule has 1 atom stereocenters. The average Bonchev–Trinajstić information content (AvgIpc) is 3.11. The first-order chi connectivity index (χ1) is 24.9. The maximum absolute atomic E-state index is 12.1. The minimum atomic E-state index is -2.62. The Labute approximate surface area is 324 Å². The summed E-state index contributed by atoms with van der Waals surface area (Å²) in [7, 11) is 0. The van der Waals surface area contributed by atoms with Crippen LogP contribution < -0.4 is 61.5 Å². The summed E-state index contributed by atoms with van der Waals surface area (Å²) in [6.45, 7) is 2.71. The van der Waals surface area contributed by atoms with Gasteiger partial charge in [-0.3, -0.25) is 4.21 Å². The molecule has 3 aromatic rings. The number of benzene rings is 1. The molecular formula is C28H45N12NaO10S. The van der Waals surface area contributed by atoms with Crippen LogP contribution in [0.25, 0.3) is 0 Å². The summed E-state index contributed by atoms with van der Waals surface area (Å²) in [5, 5.41) is 53.8. The molecule has 10 N–H and O–H groups in total. The largest absolute Gasteiger partial charge is 1.00 e. The van der Waals surface area contributed by atoms with E-state index in [2.05, 4.69) is 61.8 Å². The number of aliphatic hydroxyl groups is 4. The zero-order valence-electron chi connectivity index (χ0n) is 28.9. The molecule has 0 amide bonds. The summed E-state index contributed by atoms with van der Waals surface area (Å²) >= 11 is -2.62. The Morgan fingerprint density at radius 3 is 1.06 bits per heavy atom. The van der Waals surface area contributed by atoms with Crippen molar-refractivity contribution in [2.45, 2.75) is 4.90 Å². The van der Waals surface area contributed by atoms with Gasteiger partial charge in [0.15, 0.2) is 0 Å². The summed E-state index contributed by atoms with van der Waals surface area (Å²) in [5.41, 5.74) is 0.598. The summed E-state index contributed by atoms with van der Waals surface area (Å²) in [5.74, 6) is 0.910. The first-order valence-corrected chi connectivity index (χ1v) is 17.0. The summed E-state index contributed by atoms with van der Waals surface area (Å²) in [6.07, 6.45) is 0. The van der Waals surface area contributed by atoms with Gasteiger partial charge in [0.1, 0.15) is 0 Å². The fourth-order valence-electron chi connectivity index (χ4n) is 3.88. The predicted octanol–water partition coefficient (Wildman–Crippen LogP) is -4.53. The second-order valence-corrected chi connectivity index (χ2v) is 10.8. The molecule has 2 heterocycles. The van der Waals surface area contributed by atoms with E-state index in [0.717, 1.165) is 0 Å². The predicted molar refractivity (Wildman–Crippen MR) is 185 cm³/mol. The molecule has 0 aliphatic rings. The second-order valence-electron chi connectivity index (χ2n) is 9.89. The van der Waals surface area contributed by atoms with Crippen molar-refractivity contribution in [2.75, 3.05) is 137 Å². The molecule has 0 spiro atoms. The van der Waals surface area contributed by atoms with E-state index in [4.69, 9.17) is 39.4 Å². The minimum absolute atomic E-state index is 0. The van der Waals surface area contributed by atoms with Crippen LogP contribution in [-0.4, -0.2) is 165 Å². The molecule has 1 unspecified atom stereocenters. The van der Waals surface area contributed by atoms with E-state index in [1.165, 1.54) is 12.1 Å². The zero-order chi connectivity index (χ0) is 36.5. The third-order valence-electron chi connectivity index (χ3n) is 5.94. The van der Waals surface area contributed by atoms with Crippen molar-refractivity contribution < 1.29 is 77.7 Å². The van der Waals surface area contributed by atoms with Crippen molar-refractivity contribution >= 4 is 58.1 Å². The number of aliphatic hydroxyl groups excluding tert-OH is 4. The minimum Gasteiger partial charge on any atom is -0.768 e. The molecule has 284 valence electrons. The van der Waals surface area contributed by atoms with Crippen molar-refractivity contribution in [3.8, 4) is 0 Å². The number of nitrogens with one attached hydrogen (secondary N) is 6. The van der Waals surface area contributed by atoms with Gasteiger partial charge in [-0.15, -0.1) is 0 Å². The molecule has 52 heavy (non-hydrogen) atoms. The Morgan fingerprint density at radius 2 is 0.788 bits per heavy atom. The van der Waals surface area contributed by atoms with E-state index in [9.17, 15) is 8.76 Å². The Bertz CT molecular complexity index is 1300. The Balaban J connectivity index is 0.00000936. The van der Waals surface area contributed by atoms with Crippen molar-refractivity contribution in [1.82, 2.24) is 29.9 Å². The first kappa shape index (κ1) is 45.0. The van der Waals surface area contributed by atoms with Crippen LogP contribution in [0.1, 0.15) is 0 Å². The van der Waals surface area contributed by atoms with E-state index in [0.29, 0.717) is 37.6 Å². The van der Waals surface area contributed by atoms with Crippen LogP contribution in [0.3, 0.4) is 0 Å². The van der Waals surface area contributed by atoms with Gasteiger partial charge in [0, 0.05) is 42.4 Å². The summed E-state index contributed by atoms with van der Waals surface area (Å²) in [4.78, 5) is 26.2. The summed E-state index contributed by atoms with van der Waals surface area (Å²) < 4.78 is 45.3. The molecule has 0 aliphatic carbocycles. The first-order valence-electron chi connectivity index (χ1n) is 15.9. The maximum atomic E-state index is 12.1. The van der Waals surface area contributed by atoms with Crippen molar-refractivity contribution in [3.05, 3.63) is 18.2 Å². The molecule has 0 fully saturated rings. The molecule has 3 rings (SSSR count). The zero-order valence-corrected chi connectivity index (χ0v) is 31.7. The van der Waals surface area contributed by atoms with Gasteiger partial charge in [0.25, 0.3) is 0 Å². The third kappa shape index (κ3) is 18.5. The number of ether oxygens (including phenoxy) is 4. The second kappa shape index (κ2) is 27.4. The molecule has 0 saturated carbocycles. The SMILES string of the molecule is O=S([O-])c1cc(Nc2nc(NCCOCCO)nc(NCCOCCO)n2)cc(Nc2nc(NCCOCCO)nc(NCCOCCO)n2)c1.[Na+]. The van der Waals surface area contributed by atoms with E-state index < -0.39 is 11.1 Å². The van der Waals surface area contributed by atoms with E-state index in [1.807, 2.05) is 0 Å². The van der Waals surface area contributed by atoms with Gasteiger partial charge in [-0.2, -0.15) is 29.9 Å². The maximum Gasteiger partial charge on any atom is 1.00 e. The normalized spacial score (nSPS) is 11.4. The van der Waals surface area contributed by atoms with Crippen molar-refractivity contribution in [3.63, 3.8) is 0 Å².